The van der Waals surface area contributed by atoms with Crippen molar-refractivity contribution < 1.29 is 4.79 Å². The van der Waals surface area contributed by atoms with E-state index in [4.69, 9.17) is 17.3 Å². The Labute approximate surface area is 124 Å². The second-order valence-corrected chi connectivity index (χ2v) is 4.65. The zero-order valence-electron chi connectivity index (χ0n) is 10.8. The molecule has 0 fully saturated rings. The van der Waals surface area contributed by atoms with Crippen molar-refractivity contribution in [3.63, 3.8) is 0 Å². The molecule has 0 atom stereocenters. The Morgan fingerprint density at radius 1 is 1.29 bits per heavy atom. The first kappa shape index (κ1) is 13.5. The summed E-state index contributed by atoms with van der Waals surface area (Å²) in [5, 5.41) is 2.79. The number of carbonyl (C=O) groups is 1. The van der Waals surface area contributed by atoms with E-state index in [1.165, 1.54) is 6.33 Å². The van der Waals surface area contributed by atoms with Crippen LogP contribution in [0.4, 0.5) is 5.95 Å². The van der Waals surface area contributed by atoms with Gasteiger partial charge in [-0.3, -0.25) is 10.1 Å². The van der Waals surface area contributed by atoms with E-state index >= 15 is 0 Å². The monoisotopic (exact) mass is 302 g/mol. The van der Waals surface area contributed by atoms with Crippen molar-refractivity contribution in [1.29, 1.82) is 0 Å². The minimum atomic E-state index is -0.329. The van der Waals surface area contributed by atoms with Gasteiger partial charge < -0.3 is 10.7 Å². The lowest BCUT2D eigenvalue weighted by Gasteiger charge is -2.05. The molecular weight excluding hydrogens is 292 g/mol. The molecule has 0 aliphatic rings. The smallest absolute Gasteiger partial charge is 0.258 e. The van der Waals surface area contributed by atoms with Gasteiger partial charge in [0.15, 0.2) is 10.8 Å². The van der Waals surface area contributed by atoms with Crippen LogP contribution >= 0.6 is 11.6 Å². The van der Waals surface area contributed by atoms with E-state index in [1.54, 1.807) is 24.3 Å². The molecule has 0 bridgehead atoms. The van der Waals surface area contributed by atoms with E-state index < -0.39 is 0 Å². The quantitative estimate of drug-likeness (QED) is 0.638. The molecule has 21 heavy (non-hydrogen) atoms. The lowest BCUT2D eigenvalue weighted by atomic mass is 10.1. The third-order valence-corrected chi connectivity index (χ3v) is 3.19. The summed E-state index contributed by atoms with van der Waals surface area (Å²) in [6, 6.07) is 6.96. The molecule has 3 aromatic rings. The summed E-state index contributed by atoms with van der Waals surface area (Å²) in [4.78, 5) is 27.0. The maximum absolute atomic E-state index is 12.1. The number of H-pyrrole nitrogens is 1. The average molecular weight is 303 g/mol. The van der Waals surface area contributed by atoms with Crippen LogP contribution < -0.4 is 11.1 Å². The molecule has 0 aliphatic carbocycles. The van der Waals surface area contributed by atoms with Crippen LogP contribution in [-0.4, -0.2) is 25.8 Å². The number of aromatic amines is 1. The van der Waals surface area contributed by atoms with Crippen molar-refractivity contribution in [3.8, 4) is 0 Å². The van der Waals surface area contributed by atoms with Gasteiger partial charge in [-0.05, 0) is 17.7 Å². The van der Waals surface area contributed by atoms with Crippen LogP contribution in [0.5, 0.6) is 0 Å². The molecule has 3 rings (SSSR count). The summed E-state index contributed by atoms with van der Waals surface area (Å²) in [5.74, 6) is -0.225. The topological polar surface area (TPSA) is 110 Å². The van der Waals surface area contributed by atoms with Gasteiger partial charge in [0, 0.05) is 12.1 Å². The van der Waals surface area contributed by atoms with E-state index in [2.05, 4.69) is 25.3 Å². The van der Waals surface area contributed by atoms with Crippen molar-refractivity contribution in [1.82, 2.24) is 19.9 Å². The van der Waals surface area contributed by atoms with Gasteiger partial charge in [-0.25, -0.2) is 4.98 Å². The molecule has 0 spiro atoms. The van der Waals surface area contributed by atoms with Crippen LogP contribution in [-0.2, 0) is 6.54 Å². The van der Waals surface area contributed by atoms with Gasteiger partial charge in [-0.2, -0.15) is 9.97 Å². The zero-order chi connectivity index (χ0) is 14.8. The molecule has 0 aliphatic heterocycles. The molecule has 4 N–H and O–H groups in total. The van der Waals surface area contributed by atoms with E-state index in [0.717, 1.165) is 5.56 Å². The van der Waals surface area contributed by atoms with Gasteiger partial charge in [-0.15, -0.1) is 0 Å². The first-order valence-electron chi connectivity index (χ1n) is 6.14. The first-order valence-corrected chi connectivity index (χ1v) is 6.52. The number of hydrogen-bond acceptors (Lipinski definition) is 5. The molecule has 7 nitrogen and oxygen atoms in total. The fraction of sp³-hybridized carbons (Fsp3) is 0.0769. The van der Waals surface area contributed by atoms with Crippen LogP contribution in [0.2, 0.25) is 5.15 Å². The number of anilines is 1. The number of carbonyl (C=O) groups excluding carboxylic acids is 1. The van der Waals surface area contributed by atoms with Crippen molar-refractivity contribution >= 4 is 34.6 Å². The Morgan fingerprint density at radius 3 is 2.76 bits per heavy atom. The number of imidazole rings is 1. The summed E-state index contributed by atoms with van der Waals surface area (Å²) < 4.78 is 0. The number of fused-ring (bicyclic) bond motifs is 1. The lowest BCUT2D eigenvalue weighted by molar-refractivity contribution is 0.102. The van der Waals surface area contributed by atoms with E-state index in [9.17, 15) is 4.79 Å². The fourth-order valence-corrected chi connectivity index (χ4v) is 2.04. The van der Waals surface area contributed by atoms with Gasteiger partial charge in [-0.1, -0.05) is 23.7 Å². The predicted molar refractivity (Wildman–Crippen MR) is 79.0 cm³/mol. The maximum Gasteiger partial charge on any atom is 0.258 e. The van der Waals surface area contributed by atoms with Crippen LogP contribution in [0.25, 0.3) is 11.2 Å². The van der Waals surface area contributed by atoms with Gasteiger partial charge in [0.1, 0.15) is 5.52 Å². The number of rotatable bonds is 3. The average Bonchev–Trinajstić information content (AvgIpc) is 2.96. The van der Waals surface area contributed by atoms with Crippen LogP contribution in [0.3, 0.4) is 0 Å². The number of benzene rings is 1. The second kappa shape index (κ2) is 5.47. The molecule has 2 heterocycles. The SMILES string of the molecule is NCc1ccc(C(=O)Nc2nc(Cl)c3[nH]cnc3n2)cc1. The summed E-state index contributed by atoms with van der Waals surface area (Å²) in [6.07, 6.45) is 1.46. The number of amides is 1. The number of nitrogens with one attached hydrogen (secondary N) is 2. The van der Waals surface area contributed by atoms with Crippen LogP contribution in [0, 0.1) is 0 Å². The van der Waals surface area contributed by atoms with Crippen molar-refractivity contribution in [3.05, 3.63) is 46.9 Å². The maximum atomic E-state index is 12.1. The Balaban J connectivity index is 1.84. The molecule has 0 saturated heterocycles. The van der Waals surface area contributed by atoms with Crippen molar-refractivity contribution in [2.75, 3.05) is 5.32 Å². The van der Waals surface area contributed by atoms with E-state index in [1.807, 2.05) is 0 Å². The van der Waals surface area contributed by atoms with E-state index in [-0.39, 0.29) is 17.0 Å². The predicted octanol–water partition coefficient (Wildman–Crippen LogP) is 1.72. The zero-order valence-corrected chi connectivity index (χ0v) is 11.6. The normalized spacial score (nSPS) is 10.8. The van der Waals surface area contributed by atoms with Gasteiger partial charge >= 0.3 is 0 Å². The highest BCUT2D eigenvalue weighted by Crippen LogP contribution is 2.18. The summed E-state index contributed by atoms with van der Waals surface area (Å²) in [7, 11) is 0. The molecule has 2 aromatic heterocycles. The molecule has 1 amide bonds. The lowest BCUT2D eigenvalue weighted by Crippen LogP contribution is -2.14. The minimum Gasteiger partial charge on any atom is -0.341 e. The fourth-order valence-electron chi connectivity index (χ4n) is 1.82. The molecule has 106 valence electrons. The highest BCUT2D eigenvalue weighted by Gasteiger charge is 2.12. The molecule has 1 aromatic carbocycles. The minimum absolute atomic E-state index is 0.104. The molecule has 0 saturated carbocycles. The largest absolute Gasteiger partial charge is 0.341 e. The highest BCUT2D eigenvalue weighted by atomic mass is 35.5. The molecule has 0 unspecified atom stereocenters. The van der Waals surface area contributed by atoms with Crippen LogP contribution in [0.15, 0.2) is 30.6 Å². The Bertz CT molecular complexity index is 798. The summed E-state index contributed by atoms with van der Waals surface area (Å²) >= 11 is 5.99. The van der Waals surface area contributed by atoms with Crippen molar-refractivity contribution in [2.24, 2.45) is 5.73 Å². The first-order chi connectivity index (χ1) is 10.2. The Kier molecular flexibility index (Phi) is 3.51. The molecular formula is C13H11ClN6O. The third-order valence-electron chi connectivity index (χ3n) is 2.92. The number of halogens is 1. The molecule has 0 radical (unpaired) electrons. The number of aromatic nitrogens is 4. The highest BCUT2D eigenvalue weighted by molar-refractivity contribution is 6.33. The molecule has 8 heteroatoms. The third kappa shape index (κ3) is 2.69. The summed E-state index contributed by atoms with van der Waals surface area (Å²) in [5.41, 5.74) is 7.86. The number of nitrogens with two attached hydrogens (primary N) is 1. The van der Waals surface area contributed by atoms with E-state index in [0.29, 0.717) is 23.3 Å². The number of nitrogens with zero attached hydrogens (tertiary/aromatic N) is 3. The Hall–Kier alpha value is -2.51. The Morgan fingerprint density at radius 2 is 2.05 bits per heavy atom. The standard InChI is InChI=1S/C13H11ClN6O/c14-10-9-11(17-6-16-9)19-13(18-10)20-12(21)8-3-1-7(5-15)2-4-8/h1-4,6H,5,15H2,(H2,16,17,18,19,20,21). The summed E-state index contributed by atoms with van der Waals surface area (Å²) in [6.45, 7) is 0.427. The van der Waals surface area contributed by atoms with Crippen molar-refractivity contribution in [2.45, 2.75) is 6.54 Å². The van der Waals surface area contributed by atoms with Gasteiger partial charge in [0.05, 0.1) is 6.33 Å². The van der Waals surface area contributed by atoms with Gasteiger partial charge in [0.25, 0.3) is 5.91 Å². The number of hydrogen-bond donors (Lipinski definition) is 3. The second-order valence-electron chi connectivity index (χ2n) is 4.29. The van der Waals surface area contributed by atoms with Crippen LogP contribution in [0.1, 0.15) is 15.9 Å². The van der Waals surface area contributed by atoms with Gasteiger partial charge in [0.2, 0.25) is 5.95 Å².